The molecule has 0 aromatic carbocycles. The molecule has 0 aliphatic carbocycles. The van der Waals surface area contributed by atoms with Crippen molar-refractivity contribution in [3.63, 3.8) is 0 Å². The van der Waals surface area contributed by atoms with Gasteiger partial charge in [0.1, 0.15) is 10.2 Å². The van der Waals surface area contributed by atoms with Crippen LogP contribution in [-0.2, 0) is 5.88 Å². The monoisotopic (exact) mass is 244 g/mol. The first-order valence-electron chi connectivity index (χ1n) is 3.92. The van der Waals surface area contributed by atoms with Crippen molar-refractivity contribution in [1.29, 1.82) is 0 Å². The molecule has 0 spiro atoms. The second-order valence-corrected chi connectivity index (χ2v) is 4.40. The lowest BCUT2D eigenvalue weighted by molar-refractivity contribution is 1.31. The van der Waals surface area contributed by atoms with Gasteiger partial charge in [-0.25, -0.2) is 9.97 Å². The smallest absolute Gasteiger partial charge is 0.129 e. The van der Waals surface area contributed by atoms with Crippen molar-refractivity contribution in [3.05, 3.63) is 34.6 Å². The van der Waals surface area contributed by atoms with Crippen LogP contribution in [0.3, 0.4) is 0 Å². The Labute approximate surface area is 95.5 Å². The van der Waals surface area contributed by atoms with Crippen LogP contribution in [0.1, 0.15) is 4.88 Å². The fourth-order valence-corrected chi connectivity index (χ4v) is 2.20. The van der Waals surface area contributed by atoms with Crippen molar-refractivity contribution in [3.8, 4) is 10.6 Å². The van der Waals surface area contributed by atoms with Gasteiger partial charge in [0.15, 0.2) is 0 Å². The standard InChI is InChI=1S/C9H6Cl2N2S/c10-4-7-5-13-9(14-7)6-1-2-12-8(11)3-6/h1-3,5H,4H2. The zero-order chi connectivity index (χ0) is 9.97. The molecule has 2 heterocycles. The largest absolute Gasteiger partial charge is 0.245 e. The summed E-state index contributed by atoms with van der Waals surface area (Å²) in [5.74, 6) is 0.497. The van der Waals surface area contributed by atoms with Gasteiger partial charge < -0.3 is 0 Å². The van der Waals surface area contributed by atoms with Crippen LogP contribution in [0.2, 0.25) is 5.15 Å². The molecular weight excluding hydrogens is 239 g/mol. The Morgan fingerprint density at radius 2 is 2.21 bits per heavy atom. The fraction of sp³-hybridized carbons (Fsp3) is 0.111. The van der Waals surface area contributed by atoms with Crippen molar-refractivity contribution in [1.82, 2.24) is 9.97 Å². The number of hydrogen-bond donors (Lipinski definition) is 0. The molecule has 2 rings (SSSR count). The summed E-state index contributed by atoms with van der Waals surface area (Å²) in [4.78, 5) is 9.21. The van der Waals surface area contributed by atoms with E-state index in [0.29, 0.717) is 11.0 Å². The molecule has 0 radical (unpaired) electrons. The van der Waals surface area contributed by atoms with E-state index in [2.05, 4.69) is 9.97 Å². The normalized spacial score (nSPS) is 10.4. The number of alkyl halides is 1. The quantitative estimate of drug-likeness (QED) is 0.596. The topological polar surface area (TPSA) is 25.8 Å². The highest BCUT2D eigenvalue weighted by Gasteiger charge is 2.04. The number of pyridine rings is 1. The number of aromatic nitrogens is 2. The zero-order valence-corrected chi connectivity index (χ0v) is 9.40. The SMILES string of the molecule is ClCc1cnc(-c2ccnc(Cl)c2)s1. The van der Waals surface area contributed by atoms with E-state index in [0.717, 1.165) is 15.4 Å². The van der Waals surface area contributed by atoms with E-state index in [1.165, 1.54) is 0 Å². The lowest BCUT2D eigenvalue weighted by atomic mass is 10.3. The third-order valence-electron chi connectivity index (χ3n) is 1.66. The van der Waals surface area contributed by atoms with Crippen LogP contribution in [0.15, 0.2) is 24.5 Å². The first-order chi connectivity index (χ1) is 6.79. The van der Waals surface area contributed by atoms with E-state index in [9.17, 15) is 0 Å². The van der Waals surface area contributed by atoms with Crippen LogP contribution in [0.25, 0.3) is 10.6 Å². The van der Waals surface area contributed by atoms with Crippen LogP contribution in [-0.4, -0.2) is 9.97 Å². The highest BCUT2D eigenvalue weighted by molar-refractivity contribution is 7.15. The lowest BCUT2D eigenvalue weighted by Crippen LogP contribution is -1.77. The van der Waals surface area contributed by atoms with Gasteiger partial charge >= 0.3 is 0 Å². The summed E-state index contributed by atoms with van der Waals surface area (Å²) in [5.41, 5.74) is 0.978. The zero-order valence-electron chi connectivity index (χ0n) is 7.08. The van der Waals surface area contributed by atoms with Gasteiger partial charge in [0.2, 0.25) is 0 Å². The van der Waals surface area contributed by atoms with Gasteiger partial charge in [-0.1, -0.05) is 11.6 Å². The number of hydrogen-bond acceptors (Lipinski definition) is 3. The highest BCUT2D eigenvalue weighted by atomic mass is 35.5. The lowest BCUT2D eigenvalue weighted by Gasteiger charge is -1.94. The van der Waals surface area contributed by atoms with Crippen molar-refractivity contribution < 1.29 is 0 Å². The molecule has 0 atom stereocenters. The second-order valence-electron chi connectivity index (χ2n) is 2.63. The third-order valence-corrected chi connectivity index (χ3v) is 3.36. The Morgan fingerprint density at radius 1 is 1.36 bits per heavy atom. The van der Waals surface area contributed by atoms with Gasteiger partial charge in [0.25, 0.3) is 0 Å². The molecule has 2 aromatic rings. The molecule has 14 heavy (non-hydrogen) atoms. The van der Waals surface area contributed by atoms with E-state index in [4.69, 9.17) is 23.2 Å². The maximum atomic E-state index is 5.78. The summed E-state index contributed by atoms with van der Waals surface area (Å²) < 4.78 is 0. The van der Waals surface area contributed by atoms with E-state index < -0.39 is 0 Å². The van der Waals surface area contributed by atoms with Crippen LogP contribution < -0.4 is 0 Å². The van der Waals surface area contributed by atoms with Gasteiger partial charge in [-0.3, -0.25) is 0 Å². The molecule has 0 aliphatic rings. The average molecular weight is 245 g/mol. The third kappa shape index (κ3) is 2.05. The first-order valence-corrected chi connectivity index (χ1v) is 5.65. The Bertz CT molecular complexity index is 442. The molecule has 0 saturated carbocycles. The minimum atomic E-state index is 0.477. The van der Waals surface area contributed by atoms with E-state index >= 15 is 0 Å². The maximum absolute atomic E-state index is 5.78. The first kappa shape index (κ1) is 9.90. The Kier molecular flexibility index (Phi) is 3.01. The van der Waals surface area contributed by atoms with Crippen LogP contribution in [0.4, 0.5) is 0 Å². The molecule has 2 nitrogen and oxygen atoms in total. The molecule has 0 bridgehead atoms. The van der Waals surface area contributed by atoms with Crippen LogP contribution in [0, 0.1) is 0 Å². The number of nitrogens with zero attached hydrogens (tertiary/aromatic N) is 2. The molecule has 2 aromatic heterocycles. The Morgan fingerprint density at radius 3 is 2.86 bits per heavy atom. The molecular formula is C9H6Cl2N2S. The van der Waals surface area contributed by atoms with Crippen molar-refractivity contribution in [2.45, 2.75) is 5.88 Å². The molecule has 0 amide bonds. The van der Waals surface area contributed by atoms with Crippen LogP contribution >= 0.6 is 34.5 Å². The maximum Gasteiger partial charge on any atom is 0.129 e. The van der Waals surface area contributed by atoms with Crippen molar-refractivity contribution in [2.75, 3.05) is 0 Å². The molecule has 0 fully saturated rings. The van der Waals surface area contributed by atoms with E-state index in [1.54, 1.807) is 29.8 Å². The summed E-state index contributed by atoms with van der Waals surface area (Å²) in [6.45, 7) is 0. The van der Waals surface area contributed by atoms with E-state index in [1.807, 2.05) is 6.07 Å². The van der Waals surface area contributed by atoms with Gasteiger partial charge in [0, 0.05) is 22.8 Å². The summed E-state index contributed by atoms with van der Waals surface area (Å²) >= 11 is 13.0. The summed E-state index contributed by atoms with van der Waals surface area (Å²) in [6.07, 6.45) is 3.45. The molecule has 0 N–H and O–H groups in total. The number of rotatable bonds is 2. The highest BCUT2D eigenvalue weighted by Crippen LogP contribution is 2.26. The summed E-state index contributed by atoms with van der Waals surface area (Å²) in [5, 5.41) is 1.40. The molecule has 0 unspecified atom stereocenters. The predicted octanol–water partition coefficient (Wildman–Crippen LogP) is 3.60. The molecule has 0 aliphatic heterocycles. The summed E-state index contributed by atoms with van der Waals surface area (Å²) in [7, 11) is 0. The van der Waals surface area contributed by atoms with Gasteiger partial charge in [-0.05, 0) is 12.1 Å². The second kappa shape index (κ2) is 4.26. The number of thiazole rings is 1. The average Bonchev–Trinajstić information content (AvgIpc) is 2.66. The Hall–Kier alpha value is -0.640. The van der Waals surface area contributed by atoms with Crippen molar-refractivity contribution >= 4 is 34.5 Å². The predicted molar refractivity (Wildman–Crippen MR) is 59.9 cm³/mol. The molecule has 5 heteroatoms. The van der Waals surface area contributed by atoms with Gasteiger partial charge in [-0.15, -0.1) is 22.9 Å². The Balaban J connectivity index is 2.39. The van der Waals surface area contributed by atoms with Gasteiger partial charge in [-0.2, -0.15) is 0 Å². The van der Waals surface area contributed by atoms with E-state index in [-0.39, 0.29) is 0 Å². The fourth-order valence-electron chi connectivity index (χ4n) is 1.04. The minimum absolute atomic E-state index is 0.477. The van der Waals surface area contributed by atoms with Gasteiger partial charge in [0.05, 0.1) is 5.88 Å². The minimum Gasteiger partial charge on any atom is -0.245 e. The van der Waals surface area contributed by atoms with Crippen molar-refractivity contribution in [2.24, 2.45) is 0 Å². The number of halogens is 2. The summed E-state index contributed by atoms with van der Waals surface area (Å²) in [6, 6.07) is 3.67. The molecule has 0 saturated heterocycles. The van der Waals surface area contributed by atoms with Crippen LogP contribution in [0.5, 0.6) is 0 Å². The molecule has 72 valence electrons.